The highest BCUT2D eigenvalue weighted by molar-refractivity contribution is 6.06. The zero-order chi connectivity index (χ0) is 25.4. The van der Waals surface area contributed by atoms with Crippen molar-refractivity contribution in [1.29, 1.82) is 0 Å². The van der Waals surface area contributed by atoms with Crippen molar-refractivity contribution in [3.63, 3.8) is 0 Å². The van der Waals surface area contributed by atoms with Crippen LogP contribution in [0.1, 0.15) is 58.8 Å². The van der Waals surface area contributed by atoms with Crippen LogP contribution in [0, 0.1) is 6.92 Å². The molecule has 0 saturated heterocycles. The molecule has 1 heterocycles. The molecule has 3 aromatic rings. The summed E-state index contributed by atoms with van der Waals surface area (Å²) < 4.78 is 4.83. The number of ether oxygens (including phenoxy) is 1. The number of rotatable bonds is 3. The van der Waals surface area contributed by atoms with Crippen molar-refractivity contribution in [2.75, 3.05) is 17.3 Å². The number of para-hydroxylation sites is 2. The van der Waals surface area contributed by atoms with Gasteiger partial charge in [-0.05, 0) is 54.7 Å². The lowest BCUT2D eigenvalue weighted by Gasteiger charge is -2.34. The van der Waals surface area contributed by atoms with Gasteiger partial charge in [0.05, 0.1) is 30.1 Å². The average molecular weight is 481 g/mol. The maximum Gasteiger partial charge on any atom is 0.337 e. The third kappa shape index (κ3) is 4.19. The summed E-state index contributed by atoms with van der Waals surface area (Å²) in [6.45, 7) is 3.56. The molecule has 2 atom stereocenters. The molecule has 0 unspecified atom stereocenters. The van der Waals surface area contributed by atoms with Gasteiger partial charge in [-0.1, -0.05) is 54.1 Å². The van der Waals surface area contributed by atoms with Gasteiger partial charge in [0, 0.05) is 24.6 Å². The highest BCUT2D eigenvalue weighted by Crippen LogP contribution is 2.47. The van der Waals surface area contributed by atoms with E-state index in [4.69, 9.17) is 4.74 Å². The molecule has 6 nitrogen and oxygen atoms in total. The molecule has 1 amide bonds. The van der Waals surface area contributed by atoms with E-state index in [0.717, 1.165) is 22.5 Å². The van der Waals surface area contributed by atoms with E-state index in [9.17, 15) is 14.4 Å². The van der Waals surface area contributed by atoms with Gasteiger partial charge in [-0.3, -0.25) is 14.5 Å². The molecule has 36 heavy (non-hydrogen) atoms. The van der Waals surface area contributed by atoms with Crippen molar-refractivity contribution in [2.24, 2.45) is 0 Å². The van der Waals surface area contributed by atoms with Gasteiger partial charge in [0.25, 0.3) is 0 Å². The van der Waals surface area contributed by atoms with E-state index >= 15 is 0 Å². The minimum absolute atomic E-state index is 0.00965. The first-order valence-electron chi connectivity index (χ1n) is 12.0. The second kappa shape index (κ2) is 9.46. The largest absolute Gasteiger partial charge is 0.465 e. The first-order chi connectivity index (χ1) is 17.4. The maximum absolute atomic E-state index is 13.8. The zero-order valence-corrected chi connectivity index (χ0v) is 20.6. The van der Waals surface area contributed by atoms with Crippen LogP contribution in [0.3, 0.4) is 0 Å². The molecular formula is C30H28N2O4. The Morgan fingerprint density at radius 1 is 0.917 bits per heavy atom. The van der Waals surface area contributed by atoms with Gasteiger partial charge in [0.1, 0.15) is 0 Å². The SMILES string of the molecule is COC(=O)c1ccc([C@@H]2C3=C(C[C@@H](c4ccc(C)cc4)CC3=O)Nc3ccccc3N2C(C)=O)cc1. The summed E-state index contributed by atoms with van der Waals surface area (Å²) in [5.74, 6) is -0.556. The van der Waals surface area contributed by atoms with Crippen molar-refractivity contribution in [3.8, 4) is 0 Å². The molecule has 0 fully saturated rings. The van der Waals surface area contributed by atoms with Gasteiger partial charge in [-0.15, -0.1) is 0 Å². The Bertz CT molecular complexity index is 1370. The number of Topliss-reactive ketones (excluding diaryl/α,β-unsaturated/α-hetero) is 1. The smallest absolute Gasteiger partial charge is 0.337 e. The molecule has 1 aliphatic heterocycles. The molecule has 6 heteroatoms. The number of fused-ring (bicyclic) bond motifs is 1. The van der Waals surface area contributed by atoms with Crippen molar-refractivity contribution < 1.29 is 19.1 Å². The van der Waals surface area contributed by atoms with Crippen LogP contribution in [-0.2, 0) is 14.3 Å². The predicted molar refractivity (Wildman–Crippen MR) is 139 cm³/mol. The molecule has 182 valence electrons. The van der Waals surface area contributed by atoms with Gasteiger partial charge in [-0.2, -0.15) is 0 Å². The lowest BCUT2D eigenvalue weighted by Crippen LogP contribution is -2.37. The van der Waals surface area contributed by atoms with Gasteiger partial charge in [0.2, 0.25) is 5.91 Å². The first-order valence-corrected chi connectivity index (χ1v) is 12.0. The maximum atomic E-state index is 13.8. The normalized spacial score (nSPS) is 19.1. The summed E-state index contributed by atoms with van der Waals surface area (Å²) in [6.07, 6.45) is 1.02. The summed E-state index contributed by atoms with van der Waals surface area (Å²) in [4.78, 5) is 40.6. The Balaban J connectivity index is 1.66. The molecule has 0 spiro atoms. The van der Waals surface area contributed by atoms with Gasteiger partial charge in [0.15, 0.2) is 5.78 Å². The Kier molecular flexibility index (Phi) is 6.18. The lowest BCUT2D eigenvalue weighted by molar-refractivity contribution is -0.117. The average Bonchev–Trinajstić information content (AvgIpc) is 3.03. The number of hydrogen-bond donors (Lipinski definition) is 1. The number of nitrogens with zero attached hydrogens (tertiary/aromatic N) is 1. The number of hydrogen-bond acceptors (Lipinski definition) is 5. The standard InChI is InChI=1S/C30H28N2O4/c1-18-8-10-20(11-9-18)23-16-25-28(27(34)17-23)29(21-12-14-22(15-13-21)30(35)36-3)32(19(2)33)26-7-5-4-6-24(26)31-25/h4-15,23,29,31H,16-17H2,1-3H3/t23-,29-/m1/s1. The van der Waals surface area contributed by atoms with E-state index in [1.165, 1.54) is 19.6 Å². The number of anilines is 2. The van der Waals surface area contributed by atoms with Crippen LogP contribution in [0.4, 0.5) is 11.4 Å². The molecule has 0 aromatic heterocycles. The second-order valence-electron chi connectivity index (χ2n) is 9.38. The predicted octanol–water partition coefficient (Wildman–Crippen LogP) is 5.70. The highest BCUT2D eigenvalue weighted by Gasteiger charge is 2.40. The fraction of sp³-hybridized carbons (Fsp3) is 0.233. The van der Waals surface area contributed by atoms with Crippen LogP contribution in [0.2, 0.25) is 0 Å². The van der Waals surface area contributed by atoms with Crippen LogP contribution in [0.25, 0.3) is 0 Å². The van der Waals surface area contributed by atoms with Crippen molar-refractivity contribution >= 4 is 29.0 Å². The molecule has 0 radical (unpaired) electrons. The minimum Gasteiger partial charge on any atom is -0.465 e. The molecule has 1 N–H and O–H groups in total. The van der Waals surface area contributed by atoms with E-state index in [0.29, 0.717) is 29.7 Å². The number of methoxy groups -OCH3 is 1. The van der Waals surface area contributed by atoms with Crippen LogP contribution in [0.5, 0.6) is 0 Å². The summed E-state index contributed by atoms with van der Waals surface area (Å²) in [5.41, 5.74) is 6.38. The van der Waals surface area contributed by atoms with Crippen LogP contribution in [0.15, 0.2) is 84.1 Å². The van der Waals surface area contributed by atoms with Crippen molar-refractivity contribution in [3.05, 3.63) is 106 Å². The van der Waals surface area contributed by atoms with Crippen LogP contribution >= 0.6 is 0 Å². The van der Waals surface area contributed by atoms with Gasteiger partial charge < -0.3 is 10.1 Å². The molecule has 5 rings (SSSR count). The third-order valence-corrected chi connectivity index (χ3v) is 7.02. The molecule has 0 saturated carbocycles. The van der Waals surface area contributed by atoms with E-state index in [-0.39, 0.29) is 17.6 Å². The molecule has 0 bridgehead atoms. The van der Waals surface area contributed by atoms with Crippen molar-refractivity contribution in [2.45, 2.75) is 38.6 Å². The Morgan fingerprint density at radius 2 is 1.58 bits per heavy atom. The number of amides is 1. The summed E-state index contributed by atoms with van der Waals surface area (Å²) in [7, 11) is 1.34. The topological polar surface area (TPSA) is 75.7 Å². The zero-order valence-electron chi connectivity index (χ0n) is 20.6. The highest BCUT2D eigenvalue weighted by atomic mass is 16.5. The minimum atomic E-state index is -0.619. The van der Waals surface area contributed by atoms with Crippen LogP contribution < -0.4 is 10.2 Å². The first kappa shape index (κ1) is 23.5. The Labute approximate surface area is 210 Å². The second-order valence-corrected chi connectivity index (χ2v) is 9.38. The molecular weight excluding hydrogens is 452 g/mol. The number of benzene rings is 3. The Hall–Kier alpha value is -4.19. The summed E-state index contributed by atoms with van der Waals surface area (Å²) in [6, 6.07) is 22.3. The number of aryl methyl sites for hydroxylation is 1. The monoisotopic (exact) mass is 480 g/mol. The number of carbonyl (C=O) groups is 3. The van der Waals surface area contributed by atoms with Gasteiger partial charge >= 0.3 is 5.97 Å². The van der Waals surface area contributed by atoms with Gasteiger partial charge in [-0.25, -0.2) is 4.79 Å². The van der Waals surface area contributed by atoms with E-state index < -0.39 is 12.0 Å². The van der Waals surface area contributed by atoms with Crippen molar-refractivity contribution in [1.82, 2.24) is 0 Å². The summed E-state index contributed by atoms with van der Waals surface area (Å²) in [5, 5.41) is 3.52. The van der Waals surface area contributed by atoms with E-state index in [1.807, 2.05) is 31.2 Å². The van der Waals surface area contributed by atoms with E-state index in [2.05, 4.69) is 29.6 Å². The number of carbonyl (C=O) groups excluding carboxylic acids is 3. The Morgan fingerprint density at radius 3 is 2.25 bits per heavy atom. The summed E-state index contributed by atoms with van der Waals surface area (Å²) >= 11 is 0. The molecule has 3 aromatic carbocycles. The number of ketones is 1. The number of esters is 1. The fourth-order valence-corrected chi connectivity index (χ4v) is 5.25. The molecule has 1 aliphatic carbocycles. The quantitative estimate of drug-likeness (QED) is 0.487. The fourth-order valence-electron chi connectivity index (χ4n) is 5.25. The third-order valence-electron chi connectivity index (χ3n) is 7.02. The van der Waals surface area contributed by atoms with E-state index in [1.54, 1.807) is 29.2 Å². The molecule has 2 aliphatic rings. The number of allylic oxidation sites excluding steroid dienone is 1. The number of nitrogens with one attached hydrogen (secondary N) is 1. The lowest BCUT2D eigenvalue weighted by atomic mass is 9.78. The van der Waals surface area contributed by atoms with Crippen LogP contribution in [-0.4, -0.2) is 24.8 Å².